The van der Waals surface area contributed by atoms with Gasteiger partial charge in [-0.2, -0.15) is 13.2 Å². The Balaban J connectivity index is 2.82. The fraction of sp³-hybridized carbons (Fsp3) is 0.429. The summed E-state index contributed by atoms with van der Waals surface area (Å²) in [5.74, 6) is -2.57. The van der Waals surface area contributed by atoms with Crippen LogP contribution in [0.3, 0.4) is 0 Å². The lowest BCUT2D eigenvalue weighted by molar-refractivity contribution is -0.153. The molecule has 0 spiro atoms. The number of Topliss-reactive ketones (excluding diaryl/α,β-unsaturated/α-hetero) is 1. The number of esters is 1. The summed E-state index contributed by atoms with van der Waals surface area (Å²) in [5, 5.41) is 0. The van der Waals surface area contributed by atoms with Crippen molar-refractivity contribution >= 4 is 11.8 Å². The summed E-state index contributed by atoms with van der Waals surface area (Å²) in [5.41, 5.74) is -1.48. The molecule has 0 saturated heterocycles. The van der Waals surface area contributed by atoms with Crippen molar-refractivity contribution in [3.05, 3.63) is 11.8 Å². The van der Waals surface area contributed by atoms with E-state index in [9.17, 15) is 22.8 Å². The smallest absolute Gasteiger partial charge is 0.422 e. The number of hydrogen-bond donors (Lipinski definition) is 0. The molecule has 1 aliphatic heterocycles. The highest BCUT2D eigenvalue weighted by atomic mass is 19.4. The third-order valence-electron chi connectivity index (χ3n) is 1.55. The average molecular weight is 210 g/mol. The summed E-state index contributed by atoms with van der Waals surface area (Å²) in [6.07, 6.45) is -6.40. The first-order chi connectivity index (χ1) is 6.38. The average Bonchev–Trinajstić information content (AvgIpc) is 2.45. The maximum absolute atomic E-state index is 12.0. The van der Waals surface area contributed by atoms with Crippen molar-refractivity contribution < 1.29 is 32.2 Å². The molecule has 7 heteroatoms. The molecule has 1 heterocycles. The van der Waals surface area contributed by atoms with Gasteiger partial charge in [0.05, 0.1) is 7.11 Å². The second-order valence-corrected chi connectivity index (χ2v) is 2.43. The molecule has 0 aliphatic carbocycles. The van der Waals surface area contributed by atoms with E-state index in [1.807, 2.05) is 0 Å². The highest BCUT2D eigenvalue weighted by Crippen LogP contribution is 2.31. The van der Waals surface area contributed by atoms with Gasteiger partial charge in [0, 0.05) is 0 Å². The SMILES string of the molecule is COC(=O)C1OC=C(C(F)(F)F)C1=O. The highest BCUT2D eigenvalue weighted by molar-refractivity contribution is 6.12. The zero-order valence-electron chi connectivity index (χ0n) is 6.92. The molecular formula is C7H5F3O4. The van der Waals surface area contributed by atoms with Crippen LogP contribution in [0.4, 0.5) is 13.2 Å². The number of ether oxygens (including phenoxy) is 2. The van der Waals surface area contributed by atoms with Gasteiger partial charge in [-0.05, 0) is 0 Å². The Labute approximate surface area is 76.3 Å². The molecule has 1 unspecified atom stereocenters. The lowest BCUT2D eigenvalue weighted by Crippen LogP contribution is -2.32. The van der Waals surface area contributed by atoms with Gasteiger partial charge >= 0.3 is 12.1 Å². The molecule has 1 aliphatic rings. The van der Waals surface area contributed by atoms with E-state index in [4.69, 9.17) is 0 Å². The zero-order chi connectivity index (χ0) is 10.9. The van der Waals surface area contributed by atoms with Crippen molar-refractivity contribution in [3.8, 4) is 0 Å². The van der Waals surface area contributed by atoms with Crippen LogP contribution in [-0.4, -0.2) is 31.1 Å². The Bertz CT molecular complexity index is 305. The Morgan fingerprint density at radius 3 is 2.50 bits per heavy atom. The summed E-state index contributed by atoms with van der Waals surface area (Å²) < 4.78 is 44.4. The third kappa shape index (κ3) is 1.70. The Morgan fingerprint density at radius 1 is 1.57 bits per heavy atom. The molecule has 4 nitrogen and oxygen atoms in total. The number of methoxy groups -OCH3 is 1. The number of carbonyl (C=O) groups is 2. The van der Waals surface area contributed by atoms with Crippen LogP contribution < -0.4 is 0 Å². The van der Waals surface area contributed by atoms with E-state index in [-0.39, 0.29) is 6.26 Å². The van der Waals surface area contributed by atoms with E-state index in [1.165, 1.54) is 0 Å². The van der Waals surface area contributed by atoms with Crippen LogP contribution in [0.2, 0.25) is 0 Å². The lowest BCUT2D eigenvalue weighted by Gasteiger charge is -2.07. The van der Waals surface area contributed by atoms with Gasteiger partial charge in [0.1, 0.15) is 11.8 Å². The molecule has 0 N–H and O–H groups in total. The van der Waals surface area contributed by atoms with Gasteiger partial charge in [-0.25, -0.2) is 4.79 Å². The van der Waals surface area contributed by atoms with Gasteiger partial charge in [0.2, 0.25) is 5.78 Å². The molecule has 14 heavy (non-hydrogen) atoms. The quantitative estimate of drug-likeness (QED) is 0.469. The van der Waals surface area contributed by atoms with Crippen LogP contribution in [0, 0.1) is 0 Å². The zero-order valence-corrected chi connectivity index (χ0v) is 6.92. The van der Waals surface area contributed by atoms with Crippen molar-refractivity contribution in [2.75, 3.05) is 7.11 Å². The number of halogens is 3. The molecule has 0 aromatic heterocycles. The summed E-state index contributed by atoms with van der Waals surface area (Å²) in [6, 6.07) is 0. The maximum atomic E-state index is 12.0. The van der Waals surface area contributed by atoms with Gasteiger partial charge < -0.3 is 9.47 Å². The van der Waals surface area contributed by atoms with Crippen LogP contribution in [-0.2, 0) is 19.1 Å². The first kappa shape index (κ1) is 10.6. The minimum absolute atomic E-state index is 0.226. The van der Waals surface area contributed by atoms with Crippen LogP contribution in [0.15, 0.2) is 11.8 Å². The first-order valence-electron chi connectivity index (χ1n) is 3.42. The van der Waals surface area contributed by atoms with Gasteiger partial charge in [0.15, 0.2) is 0 Å². The number of alkyl halides is 3. The van der Waals surface area contributed by atoms with E-state index < -0.39 is 29.6 Å². The molecular weight excluding hydrogens is 205 g/mol. The molecule has 0 bridgehead atoms. The Hall–Kier alpha value is -1.53. The van der Waals surface area contributed by atoms with Crippen LogP contribution >= 0.6 is 0 Å². The van der Waals surface area contributed by atoms with Crippen molar-refractivity contribution in [1.82, 2.24) is 0 Å². The molecule has 0 radical (unpaired) electrons. The molecule has 0 saturated carbocycles. The standard InChI is InChI=1S/C7H5F3O4/c1-13-6(12)5-4(11)3(2-14-5)7(8,9)10/h2,5H,1H3. The monoisotopic (exact) mass is 210 g/mol. The van der Waals surface area contributed by atoms with E-state index in [2.05, 4.69) is 9.47 Å². The lowest BCUT2D eigenvalue weighted by atomic mass is 10.1. The van der Waals surface area contributed by atoms with E-state index in [0.717, 1.165) is 7.11 Å². The Kier molecular flexibility index (Phi) is 2.50. The molecule has 0 fully saturated rings. The minimum atomic E-state index is -4.81. The van der Waals surface area contributed by atoms with Crippen LogP contribution in [0.5, 0.6) is 0 Å². The topological polar surface area (TPSA) is 52.6 Å². The second kappa shape index (κ2) is 3.32. The number of carbonyl (C=O) groups excluding carboxylic acids is 2. The summed E-state index contributed by atoms with van der Waals surface area (Å²) in [6.45, 7) is 0. The van der Waals surface area contributed by atoms with Crippen LogP contribution in [0.25, 0.3) is 0 Å². The van der Waals surface area contributed by atoms with Gasteiger partial charge in [0.25, 0.3) is 6.10 Å². The minimum Gasteiger partial charge on any atom is -0.477 e. The van der Waals surface area contributed by atoms with Crippen LogP contribution in [0.1, 0.15) is 0 Å². The number of ketones is 1. The van der Waals surface area contributed by atoms with E-state index in [0.29, 0.717) is 0 Å². The first-order valence-corrected chi connectivity index (χ1v) is 3.42. The summed E-state index contributed by atoms with van der Waals surface area (Å²) in [4.78, 5) is 21.7. The number of rotatable bonds is 1. The Morgan fingerprint density at radius 2 is 2.14 bits per heavy atom. The fourth-order valence-electron chi connectivity index (χ4n) is 0.873. The third-order valence-corrected chi connectivity index (χ3v) is 1.55. The van der Waals surface area contributed by atoms with E-state index >= 15 is 0 Å². The van der Waals surface area contributed by atoms with Crippen molar-refractivity contribution in [1.29, 1.82) is 0 Å². The van der Waals surface area contributed by atoms with Gasteiger partial charge in [-0.1, -0.05) is 0 Å². The highest BCUT2D eigenvalue weighted by Gasteiger charge is 2.48. The maximum Gasteiger partial charge on any atom is 0.422 e. The van der Waals surface area contributed by atoms with Crippen molar-refractivity contribution in [3.63, 3.8) is 0 Å². The summed E-state index contributed by atoms with van der Waals surface area (Å²) in [7, 11) is 0.949. The molecule has 0 aromatic carbocycles. The number of hydrogen-bond acceptors (Lipinski definition) is 4. The van der Waals surface area contributed by atoms with Gasteiger partial charge in [-0.3, -0.25) is 4.79 Å². The molecule has 0 amide bonds. The second-order valence-electron chi connectivity index (χ2n) is 2.43. The molecule has 1 atom stereocenters. The van der Waals surface area contributed by atoms with Crippen molar-refractivity contribution in [2.45, 2.75) is 12.3 Å². The molecule has 0 aromatic rings. The molecule has 1 rings (SSSR count). The normalized spacial score (nSPS) is 21.6. The molecule has 78 valence electrons. The summed E-state index contributed by atoms with van der Waals surface area (Å²) >= 11 is 0. The van der Waals surface area contributed by atoms with E-state index in [1.54, 1.807) is 0 Å². The largest absolute Gasteiger partial charge is 0.477 e. The van der Waals surface area contributed by atoms with Crippen molar-refractivity contribution in [2.24, 2.45) is 0 Å². The predicted molar refractivity (Wildman–Crippen MR) is 36.0 cm³/mol. The van der Waals surface area contributed by atoms with Gasteiger partial charge in [-0.15, -0.1) is 0 Å². The predicted octanol–water partition coefficient (Wildman–Crippen LogP) is 0.573. The fourth-order valence-corrected chi connectivity index (χ4v) is 0.873.